The minimum absolute atomic E-state index is 0.0438. The van der Waals surface area contributed by atoms with Gasteiger partial charge in [-0.15, -0.1) is 0 Å². The SMILES string of the molecule is CCCN(CCC)S(=O)(=O)c1ccc(OCc2nc(-c3ccc(S(=O)(=O)Nc4ccc(CCNCC(O)c5cccnc5)cc4)cc3)no2)cc1. The van der Waals surface area contributed by atoms with E-state index in [1.165, 1.54) is 28.6 Å². The first-order valence-electron chi connectivity index (χ1n) is 16.7. The molecule has 5 rings (SSSR count). The summed E-state index contributed by atoms with van der Waals surface area (Å²) >= 11 is 0. The van der Waals surface area contributed by atoms with Crippen LogP contribution in [-0.2, 0) is 33.1 Å². The summed E-state index contributed by atoms with van der Waals surface area (Å²) in [7, 11) is -7.45. The van der Waals surface area contributed by atoms with Crippen LogP contribution in [0.4, 0.5) is 5.69 Å². The highest BCUT2D eigenvalue weighted by atomic mass is 32.2. The second-order valence-corrected chi connectivity index (χ2v) is 15.4. The first kappa shape index (κ1) is 37.6. The van der Waals surface area contributed by atoms with Crippen LogP contribution in [0.25, 0.3) is 11.4 Å². The molecule has 1 unspecified atom stereocenters. The Morgan fingerprint density at radius 3 is 2.22 bits per heavy atom. The van der Waals surface area contributed by atoms with E-state index in [1.807, 2.05) is 32.0 Å². The summed E-state index contributed by atoms with van der Waals surface area (Å²) in [5.41, 5.74) is 2.74. The Hall–Kier alpha value is -4.67. The number of rotatable bonds is 19. The van der Waals surface area contributed by atoms with Gasteiger partial charge in [0.1, 0.15) is 5.75 Å². The van der Waals surface area contributed by atoms with Crippen molar-refractivity contribution in [2.45, 2.75) is 55.6 Å². The molecule has 0 saturated heterocycles. The van der Waals surface area contributed by atoms with E-state index in [0.29, 0.717) is 49.6 Å². The van der Waals surface area contributed by atoms with Crippen LogP contribution in [0, 0.1) is 0 Å². The van der Waals surface area contributed by atoms with E-state index in [4.69, 9.17) is 9.26 Å². The molecule has 51 heavy (non-hydrogen) atoms. The number of pyridine rings is 1. The highest BCUT2D eigenvalue weighted by Crippen LogP contribution is 2.24. The minimum atomic E-state index is -3.86. The van der Waals surface area contributed by atoms with Crippen LogP contribution < -0.4 is 14.8 Å². The van der Waals surface area contributed by atoms with E-state index in [0.717, 1.165) is 24.0 Å². The zero-order valence-electron chi connectivity index (χ0n) is 28.5. The number of benzene rings is 3. The van der Waals surface area contributed by atoms with Gasteiger partial charge in [-0.2, -0.15) is 9.29 Å². The van der Waals surface area contributed by atoms with Gasteiger partial charge in [-0.25, -0.2) is 16.8 Å². The molecule has 0 spiro atoms. The zero-order valence-corrected chi connectivity index (χ0v) is 30.1. The number of anilines is 1. The lowest BCUT2D eigenvalue weighted by molar-refractivity contribution is 0.174. The molecule has 0 bridgehead atoms. The summed E-state index contributed by atoms with van der Waals surface area (Å²) in [4.78, 5) is 8.63. The predicted octanol–water partition coefficient (Wildman–Crippen LogP) is 5.19. The van der Waals surface area contributed by atoms with E-state index in [-0.39, 0.29) is 28.1 Å². The molecule has 2 heterocycles. The van der Waals surface area contributed by atoms with Gasteiger partial charge < -0.3 is 19.7 Å². The lowest BCUT2D eigenvalue weighted by Gasteiger charge is -2.21. The number of aliphatic hydroxyl groups is 1. The second kappa shape index (κ2) is 17.5. The van der Waals surface area contributed by atoms with Gasteiger partial charge in [0.25, 0.3) is 15.9 Å². The molecule has 3 N–H and O–H groups in total. The Balaban J connectivity index is 1.10. The normalized spacial score (nSPS) is 12.5. The Labute approximate surface area is 298 Å². The maximum Gasteiger partial charge on any atom is 0.264 e. The quantitative estimate of drug-likeness (QED) is 0.0952. The highest BCUT2D eigenvalue weighted by Gasteiger charge is 2.23. The molecule has 0 fully saturated rings. The summed E-state index contributed by atoms with van der Waals surface area (Å²) in [5.74, 6) is 0.891. The van der Waals surface area contributed by atoms with Gasteiger partial charge in [-0.3, -0.25) is 9.71 Å². The van der Waals surface area contributed by atoms with Crippen LogP contribution in [0.5, 0.6) is 5.75 Å². The molecule has 15 heteroatoms. The maximum absolute atomic E-state index is 13.1. The molecule has 2 aromatic heterocycles. The molecule has 13 nitrogen and oxygen atoms in total. The number of hydrogen-bond acceptors (Lipinski definition) is 11. The lowest BCUT2D eigenvalue weighted by atomic mass is 10.1. The van der Waals surface area contributed by atoms with Crippen LogP contribution in [0.3, 0.4) is 0 Å². The topological polar surface area (TPSA) is 177 Å². The van der Waals surface area contributed by atoms with E-state index >= 15 is 0 Å². The molecule has 5 aromatic rings. The number of aromatic nitrogens is 3. The maximum atomic E-state index is 13.1. The van der Waals surface area contributed by atoms with Gasteiger partial charge in [0.15, 0.2) is 6.61 Å². The average Bonchev–Trinajstić information content (AvgIpc) is 3.63. The number of aliphatic hydroxyl groups excluding tert-OH is 1. The van der Waals surface area contributed by atoms with Gasteiger partial charge in [-0.05, 0) is 98.1 Å². The summed E-state index contributed by atoms with van der Waals surface area (Å²) in [6.07, 6.45) is 4.81. The van der Waals surface area contributed by atoms with Crippen molar-refractivity contribution in [2.24, 2.45) is 0 Å². The van der Waals surface area contributed by atoms with Crippen molar-refractivity contribution in [2.75, 3.05) is 30.9 Å². The zero-order chi connectivity index (χ0) is 36.3. The fourth-order valence-electron chi connectivity index (χ4n) is 5.18. The summed E-state index contributed by atoms with van der Waals surface area (Å²) in [6, 6.07) is 23.0. The Morgan fingerprint density at radius 1 is 0.882 bits per heavy atom. The summed E-state index contributed by atoms with van der Waals surface area (Å²) < 4.78 is 67.3. The lowest BCUT2D eigenvalue weighted by Crippen LogP contribution is -2.32. The third kappa shape index (κ3) is 10.2. The van der Waals surface area contributed by atoms with Gasteiger partial charge >= 0.3 is 0 Å². The van der Waals surface area contributed by atoms with Crippen molar-refractivity contribution in [1.82, 2.24) is 24.7 Å². The number of hydrogen-bond donors (Lipinski definition) is 3. The Kier molecular flexibility index (Phi) is 12.9. The summed E-state index contributed by atoms with van der Waals surface area (Å²) in [6.45, 7) is 5.80. The number of sulfonamides is 2. The largest absolute Gasteiger partial charge is 0.484 e. The first-order chi connectivity index (χ1) is 24.6. The molecule has 0 aliphatic carbocycles. The molecule has 0 saturated carbocycles. The highest BCUT2D eigenvalue weighted by molar-refractivity contribution is 7.92. The van der Waals surface area contributed by atoms with Gasteiger partial charge in [0, 0.05) is 48.8 Å². The number of nitrogens with zero attached hydrogens (tertiary/aromatic N) is 4. The van der Waals surface area contributed by atoms with Crippen LogP contribution in [0.1, 0.15) is 49.8 Å². The minimum Gasteiger partial charge on any atom is -0.484 e. The summed E-state index contributed by atoms with van der Waals surface area (Å²) in [5, 5.41) is 17.4. The standard InChI is InChI=1S/C36H42N6O7S2/c1-3-22-42(23-4-2)51(46,47)33-17-13-31(14-18-33)48-26-35-39-36(40-49-35)28-9-15-32(16-10-28)50(44,45)41-30-11-7-27(8-12-30)19-21-38-25-34(43)29-6-5-20-37-24-29/h5-18,20,24,34,38,41,43H,3-4,19,21-23,25-26H2,1-2H3. The third-order valence-electron chi connectivity index (χ3n) is 7.86. The number of ether oxygens (including phenoxy) is 1. The van der Waals surface area contributed by atoms with E-state index in [1.54, 1.807) is 54.9 Å². The first-order valence-corrected chi connectivity index (χ1v) is 19.6. The van der Waals surface area contributed by atoms with E-state index in [9.17, 15) is 21.9 Å². The van der Waals surface area contributed by atoms with Gasteiger partial charge in [0.2, 0.25) is 15.8 Å². The molecular weight excluding hydrogens is 693 g/mol. The van der Waals surface area contributed by atoms with Crippen molar-refractivity contribution in [1.29, 1.82) is 0 Å². The van der Waals surface area contributed by atoms with E-state index in [2.05, 4.69) is 25.2 Å². The molecule has 0 radical (unpaired) electrons. The predicted molar refractivity (Wildman–Crippen MR) is 193 cm³/mol. The smallest absolute Gasteiger partial charge is 0.264 e. The third-order valence-corrected chi connectivity index (χ3v) is 11.2. The average molecular weight is 735 g/mol. The fraction of sp³-hybridized carbons (Fsp3) is 0.306. The van der Waals surface area contributed by atoms with Crippen molar-refractivity contribution in [3.63, 3.8) is 0 Å². The van der Waals surface area contributed by atoms with Crippen LogP contribution >= 0.6 is 0 Å². The number of nitrogens with one attached hydrogen (secondary N) is 2. The van der Waals surface area contributed by atoms with Crippen molar-refractivity contribution < 1.29 is 31.2 Å². The Bertz CT molecular complexity index is 2040. The molecule has 270 valence electrons. The van der Waals surface area contributed by atoms with Crippen molar-refractivity contribution in [3.05, 3.63) is 114 Å². The Morgan fingerprint density at radius 2 is 1.57 bits per heavy atom. The van der Waals surface area contributed by atoms with Gasteiger partial charge in [0.05, 0.1) is 15.9 Å². The van der Waals surface area contributed by atoms with Crippen molar-refractivity contribution in [3.8, 4) is 17.1 Å². The van der Waals surface area contributed by atoms with Crippen LogP contribution in [0.2, 0.25) is 0 Å². The van der Waals surface area contributed by atoms with Crippen LogP contribution in [-0.4, -0.2) is 67.6 Å². The van der Waals surface area contributed by atoms with Gasteiger partial charge in [-0.1, -0.05) is 37.2 Å². The fourth-order valence-corrected chi connectivity index (χ4v) is 7.87. The molecule has 1 atom stereocenters. The monoisotopic (exact) mass is 734 g/mol. The molecule has 0 amide bonds. The molecule has 0 aliphatic rings. The van der Waals surface area contributed by atoms with Crippen molar-refractivity contribution >= 4 is 25.7 Å². The van der Waals surface area contributed by atoms with Crippen LogP contribution in [0.15, 0.2) is 112 Å². The molecule has 3 aromatic carbocycles. The second-order valence-electron chi connectivity index (χ2n) is 11.8. The van der Waals surface area contributed by atoms with E-state index < -0.39 is 26.2 Å². The molecular formula is C36H42N6O7S2. The molecule has 0 aliphatic heterocycles.